The van der Waals surface area contributed by atoms with Crippen LogP contribution in [-0.4, -0.2) is 86.6 Å². The van der Waals surface area contributed by atoms with Gasteiger partial charge in [-0.15, -0.1) is 24.0 Å². The second-order valence-electron chi connectivity index (χ2n) is 6.79. The Morgan fingerprint density at radius 3 is 2.27 bits per heavy atom. The van der Waals surface area contributed by atoms with Crippen LogP contribution in [0, 0.1) is 5.92 Å². The minimum atomic E-state index is 0. The Morgan fingerprint density at radius 1 is 1.14 bits per heavy atom. The summed E-state index contributed by atoms with van der Waals surface area (Å²) in [6.07, 6.45) is 2.57. The first-order chi connectivity index (χ1) is 10.1. The zero-order valence-electron chi connectivity index (χ0n) is 14.7. The van der Waals surface area contributed by atoms with Gasteiger partial charge >= 0.3 is 0 Å². The third kappa shape index (κ3) is 5.85. The molecule has 2 saturated heterocycles. The number of rotatable bonds is 3. The molecule has 0 aromatic carbocycles. The zero-order valence-corrected chi connectivity index (χ0v) is 17.0. The standard InChI is InChI=1S/C16H33N5.HI/c1-14-5-7-21(8-6-14)16(17-3)18-13-15(2)20-11-9-19(4)10-12-20;/h14-15H,5-13H2,1-4H3,(H,17,18);1H. The Hall–Kier alpha value is -0.0800. The number of piperidine rings is 1. The van der Waals surface area contributed by atoms with Crippen molar-refractivity contribution in [2.45, 2.75) is 32.7 Å². The molecule has 0 aromatic rings. The van der Waals surface area contributed by atoms with Crippen LogP contribution in [0.4, 0.5) is 0 Å². The maximum Gasteiger partial charge on any atom is 0.193 e. The molecule has 2 aliphatic rings. The lowest BCUT2D eigenvalue weighted by atomic mass is 10.00. The molecule has 1 unspecified atom stereocenters. The van der Waals surface area contributed by atoms with Gasteiger partial charge in [0.2, 0.25) is 0 Å². The molecule has 1 atom stereocenters. The number of piperazine rings is 1. The van der Waals surface area contributed by atoms with Gasteiger partial charge in [-0.1, -0.05) is 6.92 Å². The van der Waals surface area contributed by atoms with E-state index < -0.39 is 0 Å². The summed E-state index contributed by atoms with van der Waals surface area (Å²) in [6, 6.07) is 0.569. The fraction of sp³-hybridized carbons (Fsp3) is 0.938. The van der Waals surface area contributed by atoms with Crippen molar-refractivity contribution in [3.05, 3.63) is 0 Å². The summed E-state index contributed by atoms with van der Waals surface area (Å²) >= 11 is 0. The van der Waals surface area contributed by atoms with Crippen LogP contribution in [-0.2, 0) is 0 Å². The first-order valence-electron chi connectivity index (χ1n) is 8.48. The smallest absolute Gasteiger partial charge is 0.193 e. The fourth-order valence-electron chi connectivity index (χ4n) is 3.18. The Kier molecular flexibility index (Phi) is 9.01. The van der Waals surface area contributed by atoms with E-state index in [0.717, 1.165) is 31.5 Å². The number of aliphatic imine (C=N–C) groups is 1. The van der Waals surface area contributed by atoms with Crippen molar-refractivity contribution in [2.75, 3.05) is 59.9 Å². The van der Waals surface area contributed by atoms with Crippen molar-refractivity contribution >= 4 is 29.9 Å². The van der Waals surface area contributed by atoms with Gasteiger partial charge in [-0.25, -0.2) is 0 Å². The predicted molar refractivity (Wildman–Crippen MR) is 105 cm³/mol. The van der Waals surface area contributed by atoms with Crippen molar-refractivity contribution in [2.24, 2.45) is 10.9 Å². The Morgan fingerprint density at radius 2 is 1.73 bits per heavy atom. The average molecular weight is 423 g/mol. The summed E-state index contributed by atoms with van der Waals surface area (Å²) < 4.78 is 0. The lowest BCUT2D eigenvalue weighted by Crippen LogP contribution is -2.53. The molecule has 0 radical (unpaired) electrons. The maximum absolute atomic E-state index is 4.47. The van der Waals surface area contributed by atoms with Crippen molar-refractivity contribution in [1.29, 1.82) is 0 Å². The summed E-state index contributed by atoms with van der Waals surface area (Å²) in [5, 5.41) is 3.58. The van der Waals surface area contributed by atoms with E-state index in [2.05, 4.69) is 45.9 Å². The zero-order chi connectivity index (χ0) is 15.2. The molecule has 5 nitrogen and oxygen atoms in total. The molecule has 130 valence electrons. The number of nitrogens with zero attached hydrogens (tertiary/aromatic N) is 4. The number of hydrogen-bond donors (Lipinski definition) is 1. The second-order valence-corrected chi connectivity index (χ2v) is 6.79. The monoisotopic (exact) mass is 423 g/mol. The minimum absolute atomic E-state index is 0. The molecule has 2 aliphatic heterocycles. The number of halogens is 1. The lowest BCUT2D eigenvalue weighted by Gasteiger charge is -2.38. The van der Waals surface area contributed by atoms with E-state index in [1.165, 1.54) is 39.0 Å². The van der Waals surface area contributed by atoms with Crippen LogP contribution >= 0.6 is 24.0 Å². The van der Waals surface area contributed by atoms with Crippen LogP contribution in [0.1, 0.15) is 26.7 Å². The molecule has 0 amide bonds. The third-order valence-electron chi connectivity index (χ3n) is 5.01. The maximum atomic E-state index is 4.47. The highest BCUT2D eigenvalue weighted by Gasteiger charge is 2.21. The van der Waals surface area contributed by atoms with Gasteiger partial charge in [0.15, 0.2) is 5.96 Å². The topological polar surface area (TPSA) is 34.1 Å². The summed E-state index contributed by atoms with van der Waals surface area (Å²) in [5.74, 6) is 1.95. The van der Waals surface area contributed by atoms with Crippen LogP contribution < -0.4 is 5.32 Å². The second kappa shape index (κ2) is 9.93. The number of likely N-dealkylation sites (tertiary alicyclic amines) is 1. The Labute approximate surface area is 153 Å². The number of hydrogen-bond acceptors (Lipinski definition) is 3. The van der Waals surface area contributed by atoms with Crippen molar-refractivity contribution in [3.8, 4) is 0 Å². The fourth-order valence-corrected chi connectivity index (χ4v) is 3.18. The number of nitrogens with one attached hydrogen (secondary N) is 1. The largest absolute Gasteiger partial charge is 0.355 e. The normalized spacial score (nSPS) is 24.0. The molecular weight excluding hydrogens is 389 g/mol. The van der Waals surface area contributed by atoms with Gasteiger partial charge in [-0.2, -0.15) is 0 Å². The van der Waals surface area contributed by atoms with Gasteiger partial charge in [-0.05, 0) is 32.7 Å². The molecule has 2 rings (SSSR count). The SMILES string of the molecule is CN=C(NCC(C)N1CCN(C)CC1)N1CCC(C)CC1.I. The summed E-state index contributed by atoms with van der Waals surface area (Å²) in [6.45, 7) is 12.7. The summed E-state index contributed by atoms with van der Waals surface area (Å²) in [7, 11) is 4.11. The average Bonchev–Trinajstić information content (AvgIpc) is 2.50. The van der Waals surface area contributed by atoms with Crippen LogP contribution in [0.3, 0.4) is 0 Å². The highest BCUT2D eigenvalue weighted by Crippen LogP contribution is 2.15. The van der Waals surface area contributed by atoms with Gasteiger partial charge in [0, 0.05) is 58.9 Å². The quantitative estimate of drug-likeness (QED) is 0.425. The van der Waals surface area contributed by atoms with Crippen LogP contribution in [0.25, 0.3) is 0 Å². The first kappa shape index (κ1) is 20.0. The molecule has 22 heavy (non-hydrogen) atoms. The van der Waals surface area contributed by atoms with Crippen molar-refractivity contribution in [1.82, 2.24) is 20.0 Å². The van der Waals surface area contributed by atoms with E-state index in [1.807, 2.05) is 7.05 Å². The minimum Gasteiger partial charge on any atom is -0.355 e. The molecule has 1 N–H and O–H groups in total. The van der Waals surface area contributed by atoms with Gasteiger partial charge in [0.1, 0.15) is 0 Å². The van der Waals surface area contributed by atoms with E-state index in [9.17, 15) is 0 Å². The molecule has 0 spiro atoms. The van der Waals surface area contributed by atoms with Gasteiger partial charge < -0.3 is 15.1 Å². The molecule has 0 aliphatic carbocycles. The molecular formula is C16H34IN5. The van der Waals surface area contributed by atoms with E-state index >= 15 is 0 Å². The number of guanidine groups is 1. The van der Waals surface area contributed by atoms with Gasteiger partial charge in [0.25, 0.3) is 0 Å². The number of likely N-dealkylation sites (N-methyl/N-ethyl adjacent to an activating group) is 1. The van der Waals surface area contributed by atoms with Gasteiger partial charge in [-0.3, -0.25) is 9.89 Å². The van der Waals surface area contributed by atoms with Crippen molar-refractivity contribution in [3.63, 3.8) is 0 Å². The van der Waals surface area contributed by atoms with Gasteiger partial charge in [0.05, 0.1) is 0 Å². The van der Waals surface area contributed by atoms with E-state index in [-0.39, 0.29) is 24.0 Å². The first-order valence-corrected chi connectivity index (χ1v) is 8.48. The molecule has 0 bridgehead atoms. The lowest BCUT2D eigenvalue weighted by molar-refractivity contribution is 0.119. The van der Waals surface area contributed by atoms with E-state index in [1.54, 1.807) is 0 Å². The highest BCUT2D eigenvalue weighted by atomic mass is 127. The Balaban J connectivity index is 0.00000242. The van der Waals surface area contributed by atoms with Crippen LogP contribution in [0.15, 0.2) is 4.99 Å². The molecule has 2 fully saturated rings. The van der Waals surface area contributed by atoms with Crippen LogP contribution in [0.5, 0.6) is 0 Å². The van der Waals surface area contributed by atoms with Crippen LogP contribution in [0.2, 0.25) is 0 Å². The molecule has 0 saturated carbocycles. The van der Waals surface area contributed by atoms with E-state index in [4.69, 9.17) is 0 Å². The van der Waals surface area contributed by atoms with Crippen molar-refractivity contribution < 1.29 is 0 Å². The summed E-state index contributed by atoms with van der Waals surface area (Å²) in [4.78, 5) is 11.9. The summed E-state index contributed by atoms with van der Waals surface area (Å²) in [5.41, 5.74) is 0. The third-order valence-corrected chi connectivity index (χ3v) is 5.01. The predicted octanol–water partition coefficient (Wildman–Crippen LogP) is 1.55. The molecule has 0 aromatic heterocycles. The molecule has 2 heterocycles. The van der Waals surface area contributed by atoms with E-state index in [0.29, 0.717) is 6.04 Å². The molecule has 6 heteroatoms. The highest BCUT2D eigenvalue weighted by molar-refractivity contribution is 14.0. The Bertz CT molecular complexity index is 333.